The standard InChI is InChI=1S/C13H28/c1-8-9-12(10(2)3)11(4)13(5,6)7/h10-12H,8-9H2,1-7H3. The van der Waals surface area contributed by atoms with Crippen LogP contribution < -0.4 is 0 Å². The molecule has 0 N–H and O–H groups in total. The summed E-state index contributed by atoms with van der Waals surface area (Å²) in [5.74, 6) is 2.55. The van der Waals surface area contributed by atoms with E-state index in [1.165, 1.54) is 12.8 Å². The van der Waals surface area contributed by atoms with Gasteiger partial charge in [-0.3, -0.25) is 0 Å². The van der Waals surface area contributed by atoms with Crippen molar-refractivity contribution in [3.63, 3.8) is 0 Å². The van der Waals surface area contributed by atoms with Crippen LogP contribution in [0.2, 0.25) is 0 Å². The van der Waals surface area contributed by atoms with Gasteiger partial charge in [-0.05, 0) is 23.2 Å². The summed E-state index contributed by atoms with van der Waals surface area (Å²) >= 11 is 0. The van der Waals surface area contributed by atoms with E-state index in [-0.39, 0.29) is 0 Å². The van der Waals surface area contributed by atoms with E-state index in [4.69, 9.17) is 0 Å². The Morgan fingerprint density at radius 3 is 1.69 bits per heavy atom. The summed E-state index contributed by atoms with van der Waals surface area (Å²) in [5.41, 5.74) is 0.462. The number of hydrogen-bond donors (Lipinski definition) is 0. The molecular formula is C13H28. The van der Waals surface area contributed by atoms with Crippen LogP contribution in [0.3, 0.4) is 0 Å². The Bertz CT molecular complexity index is 127. The largest absolute Gasteiger partial charge is 0.0654 e. The Morgan fingerprint density at radius 1 is 1.00 bits per heavy atom. The van der Waals surface area contributed by atoms with E-state index in [9.17, 15) is 0 Å². The van der Waals surface area contributed by atoms with Crippen molar-refractivity contribution in [3.8, 4) is 0 Å². The van der Waals surface area contributed by atoms with Crippen molar-refractivity contribution in [2.45, 2.75) is 61.3 Å². The zero-order valence-corrected chi connectivity index (χ0v) is 10.6. The van der Waals surface area contributed by atoms with Crippen molar-refractivity contribution in [1.82, 2.24) is 0 Å². The van der Waals surface area contributed by atoms with Crippen molar-refractivity contribution in [2.75, 3.05) is 0 Å². The van der Waals surface area contributed by atoms with Gasteiger partial charge in [0.05, 0.1) is 0 Å². The van der Waals surface area contributed by atoms with Crippen LogP contribution in [-0.4, -0.2) is 0 Å². The summed E-state index contributed by atoms with van der Waals surface area (Å²) in [7, 11) is 0. The lowest BCUT2D eigenvalue weighted by Gasteiger charge is -2.36. The van der Waals surface area contributed by atoms with Gasteiger partial charge < -0.3 is 0 Å². The lowest BCUT2D eigenvalue weighted by molar-refractivity contribution is 0.130. The first-order valence-corrected chi connectivity index (χ1v) is 5.80. The maximum absolute atomic E-state index is 2.42. The Kier molecular flexibility index (Phi) is 5.02. The summed E-state index contributed by atoms with van der Waals surface area (Å²) < 4.78 is 0. The number of rotatable bonds is 4. The van der Waals surface area contributed by atoms with Gasteiger partial charge in [0.2, 0.25) is 0 Å². The highest BCUT2D eigenvalue weighted by Crippen LogP contribution is 2.37. The maximum atomic E-state index is 2.42. The lowest BCUT2D eigenvalue weighted by atomic mass is 9.69. The third-order valence-electron chi connectivity index (χ3n) is 3.49. The second kappa shape index (κ2) is 5.02. The predicted molar refractivity (Wildman–Crippen MR) is 61.9 cm³/mol. The molecule has 2 atom stereocenters. The molecule has 0 saturated carbocycles. The van der Waals surface area contributed by atoms with Crippen LogP contribution in [0.4, 0.5) is 0 Å². The summed E-state index contributed by atoms with van der Waals surface area (Å²) in [6.45, 7) is 16.5. The molecule has 0 aromatic heterocycles. The van der Waals surface area contributed by atoms with Gasteiger partial charge in [0, 0.05) is 0 Å². The van der Waals surface area contributed by atoms with E-state index < -0.39 is 0 Å². The van der Waals surface area contributed by atoms with Crippen molar-refractivity contribution in [1.29, 1.82) is 0 Å². The van der Waals surface area contributed by atoms with E-state index in [2.05, 4.69) is 48.5 Å². The van der Waals surface area contributed by atoms with Crippen molar-refractivity contribution < 1.29 is 0 Å². The van der Waals surface area contributed by atoms with Crippen molar-refractivity contribution in [2.24, 2.45) is 23.2 Å². The second-order valence-corrected chi connectivity index (χ2v) is 5.85. The molecule has 2 unspecified atom stereocenters. The molecule has 0 radical (unpaired) electrons. The summed E-state index contributed by atoms with van der Waals surface area (Å²) in [6.07, 6.45) is 2.71. The lowest BCUT2D eigenvalue weighted by Crippen LogP contribution is -2.28. The van der Waals surface area contributed by atoms with E-state index in [1.54, 1.807) is 0 Å². The molecule has 0 fully saturated rings. The molecule has 0 heterocycles. The summed E-state index contributed by atoms with van der Waals surface area (Å²) in [5, 5.41) is 0. The zero-order chi connectivity index (χ0) is 10.6. The van der Waals surface area contributed by atoms with Gasteiger partial charge in [-0.25, -0.2) is 0 Å². The first-order valence-electron chi connectivity index (χ1n) is 5.80. The van der Waals surface area contributed by atoms with Gasteiger partial charge >= 0.3 is 0 Å². The molecule has 0 saturated heterocycles. The third-order valence-corrected chi connectivity index (χ3v) is 3.49. The average Bonchev–Trinajstić information content (AvgIpc) is 1.96. The fraction of sp³-hybridized carbons (Fsp3) is 1.00. The maximum Gasteiger partial charge on any atom is -0.0354 e. The van der Waals surface area contributed by atoms with Crippen LogP contribution in [0.25, 0.3) is 0 Å². The predicted octanol–water partition coefficient (Wildman–Crippen LogP) is 4.74. The Balaban J connectivity index is 4.36. The van der Waals surface area contributed by atoms with E-state index in [0.717, 1.165) is 17.8 Å². The van der Waals surface area contributed by atoms with Gasteiger partial charge in [-0.2, -0.15) is 0 Å². The van der Waals surface area contributed by atoms with Crippen LogP contribution in [-0.2, 0) is 0 Å². The second-order valence-electron chi connectivity index (χ2n) is 5.85. The molecule has 0 heteroatoms. The first-order chi connectivity index (χ1) is 5.80. The molecule has 0 bridgehead atoms. The molecule has 0 rings (SSSR count). The highest BCUT2D eigenvalue weighted by molar-refractivity contribution is 4.78. The van der Waals surface area contributed by atoms with Gasteiger partial charge in [0.25, 0.3) is 0 Å². The summed E-state index contributed by atoms with van der Waals surface area (Å²) in [6, 6.07) is 0. The molecule has 0 aliphatic rings. The minimum Gasteiger partial charge on any atom is -0.0654 e. The van der Waals surface area contributed by atoms with Gasteiger partial charge in [0.15, 0.2) is 0 Å². The first kappa shape index (κ1) is 13.0. The monoisotopic (exact) mass is 184 g/mol. The van der Waals surface area contributed by atoms with Crippen LogP contribution in [0.15, 0.2) is 0 Å². The molecule has 0 aliphatic carbocycles. The van der Waals surface area contributed by atoms with Crippen LogP contribution in [0.1, 0.15) is 61.3 Å². The molecule has 0 aromatic carbocycles. The molecule has 80 valence electrons. The van der Waals surface area contributed by atoms with Gasteiger partial charge in [-0.15, -0.1) is 0 Å². The smallest absolute Gasteiger partial charge is 0.0354 e. The molecule has 0 amide bonds. The third kappa shape index (κ3) is 4.15. The minimum absolute atomic E-state index is 0.462. The average molecular weight is 184 g/mol. The molecule has 0 aliphatic heterocycles. The summed E-state index contributed by atoms with van der Waals surface area (Å²) in [4.78, 5) is 0. The molecule has 0 spiro atoms. The topological polar surface area (TPSA) is 0 Å². The molecule has 13 heavy (non-hydrogen) atoms. The SMILES string of the molecule is CCCC(C(C)C)C(C)C(C)(C)C. The van der Waals surface area contributed by atoms with Crippen LogP contribution in [0, 0.1) is 23.2 Å². The quantitative estimate of drug-likeness (QED) is 0.592. The fourth-order valence-electron chi connectivity index (χ4n) is 2.14. The zero-order valence-electron chi connectivity index (χ0n) is 10.6. The van der Waals surface area contributed by atoms with Crippen molar-refractivity contribution in [3.05, 3.63) is 0 Å². The Hall–Kier alpha value is 0. The van der Waals surface area contributed by atoms with Crippen LogP contribution >= 0.6 is 0 Å². The highest BCUT2D eigenvalue weighted by Gasteiger charge is 2.29. The molecule has 0 aromatic rings. The highest BCUT2D eigenvalue weighted by atomic mass is 14.3. The Morgan fingerprint density at radius 2 is 1.46 bits per heavy atom. The van der Waals surface area contributed by atoms with Crippen LogP contribution in [0.5, 0.6) is 0 Å². The minimum atomic E-state index is 0.462. The van der Waals surface area contributed by atoms with E-state index >= 15 is 0 Å². The number of hydrogen-bond acceptors (Lipinski definition) is 0. The van der Waals surface area contributed by atoms with Gasteiger partial charge in [0.1, 0.15) is 0 Å². The van der Waals surface area contributed by atoms with E-state index in [0.29, 0.717) is 5.41 Å². The van der Waals surface area contributed by atoms with Crippen molar-refractivity contribution >= 4 is 0 Å². The van der Waals surface area contributed by atoms with Gasteiger partial charge in [-0.1, -0.05) is 61.3 Å². The van der Waals surface area contributed by atoms with E-state index in [1.807, 2.05) is 0 Å². The Labute approximate surface area is 85.1 Å². The molecule has 0 nitrogen and oxygen atoms in total. The fourth-order valence-corrected chi connectivity index (χ4v) is 2.14. The molecular weight excluding hydrogens is 156 g/mol. The normalized spacial score (nSPS) is 17.5.